The van der Waals surface area contributed by atoms with Gasteiger partial charge in [-0.2, -0.15) is 0 Å². The van der Waals surface area contributed by atoms with E-state index in [1.807, 2.05) is 4.90 Å². The number of halogens is 3. The normalized spacial score (nSPS) is 24.5. The number of hydrogen-bond donors (Lipinski definition) is 1. The number of hydrogen-bond acceptors (Lipinski definition) is 4. The number of pyridine rings is 1. The van der Waals surface area contributed by atoms with Crippen molar-refractivity contribution in [3.05, 3.63) is 23.9 Å². The molecule has 2 saturated carbocycles. The van der Waals surface area contributed by atoms with Crippen LogP contribution >= 0.6 is 0 Å². The second-order valence-corrected chi connectivity index (χ2v) is 10.1. The zero-order valence-corrected chi connectivity index (χ0v) is 17.2. The number of likely N-dealkylation sites (tertiary alicyclic amines) is 1. The molecule has 0 radical (unpaired) electrons. The van der Waals surface area contributed by atoms with Crippen molar-refractivity contribution >= 4 is 11.8 Å². The molecule has 5 rings (SSSR count). The molecular weight excluding hydrogens is 411 g/mol. The molecule has 4 aliphatic rings. The Hall–Kier alpha value is -2.32. The summed E-state index contributed by atoms with van der Waals surface area (Å²) in [6, 6.07) is 2.89. The predicted molar refractivity (Wildman–Crippen MR) is 104 cm³/mol. The van der Waals surface area contributed by atoms with E-state index in [2.05, 4.69) is 15.0 Å². The van der Waals surface area contributed by atoms with Crippen LogP contribution in [0.4, 0.5) is 13.2 Å². The average molecular weight is 437 g/mol. The molecule has 4 fully saturated rings. The van der Waals surface area contributed by atoms with Crippen LogP contribution < -0.4 is 10.1 Å². The van der Waals surface area contributed by atoms with Gasteiger partial charge in [-0.3, -0.25) is 9.59 Å². The van der Waals surface area contributed by atoms with Crippen molar-refractivity contribution in [2.45, 2.75) is 63.3 Å². The average Bonchev–Trinajstić information content (AvgIpc) is 2.97. The van der Waals surface area contributed by atoms with E-state index in [0.29, 0.717) is 24.7 Å². The molecule has 2 spiro atoms. The third-order valence-electron chi connectivity index (χ3n) is 7.45. The van der Waals surface area contributed by atoms with Crippen molar-refractivity contribution in [1.29, 1.82) is 0 Å². The van der Waals surface area contributed by atoms with Gasteiger partial charge < -0.3 is 15.0 Å². The Morgan fingerprint density at radius 1 is 1.19 bits per heavy atom. The molecule has 2 saturated heterocycles. The summed E-state index contributed by atoms with van der Waals surface area (Å²) in [6.07, 6.45) is 3.51. The molecule has 1 N–H and O–H groups in total. The quantitative estimate of drug-likeness (QED) is 0.768. The first-order valence-electron chi connectivity index (χ1n) is 10.9. The summed E-state index contributed by atoms with van der Waals surface area (Å²) in [5.41, 5.74) is 1.11. The Balaban J connectivity index is 1.01. The number of nitrogens with zero attached hydrogens (tertiary/aromatic N) is 2. The second kappa shape index (κ2) is 7.10. The van der Waals surface area contributed by atoms with Gasteiger partial charge in [0.05, 0.1) is 0 Å². The zero-order chi connectivity index (χ0) is 21.9. The van der Waals surface area contributed by atoms with Gasteiger partial charge in [0.25, 0.3) is 0 Å². The number of carbonyl (C=O) groups excluding carboxylic acids is 2. The van der Waals surface area contributed by atoms with Crippen LogP contribution in [0.3, 0.4) is 0 Å². The lowest BCUT2D eigenvalue weighted by Crippen LogP contribution is -2.64. The van der Waals surface area contributed by atoms with Gasteiger partial charge in [-0.1, -0.05) is 6.07 Å². The molecule has 0 unspecified atom stereocenters. The molecule has 2 aliphatic heterocycles. The van der Waals surface area contributed by atoms with Crippen molar-refractivity contribution < 1.29 is 27.5 Å². The van der Waals surface area contributed by atoms with Gasteiger partial charge in [0.2, 0.25) is 17.7 Å². The van der Waals surface area contributed by atoms with Crippen molar-refractivity contribution in [1.82, 2.24) is 15.2 Å². The highest BCUT2D eigenvalue weighted by molar-refractivity contribution is 5.80. The summed E-state index contributed by atoms with van der Waals surface area (Å²) in [6.45, 7) is 1.63. The smallest absolute Gasteiger partial charge is 0.388 e. The molecule has 2 amide bonds. The number of alkyl halides is 3. The largest absolute Gasteiger partial charge is 0.574 e. The van der Waals surface area contributed by atoms with Crippen LogP contribution in [0.15, 0.2) is 18.3 Å². The fourth-order valence-corrected chi connectivity index (χ4v) is 6.20. The van der Waals surface area contributed by atoms with Crippen molar-refractivity contribution in [3.8, 4) is 5.88 Å². The molecule has 0 atom stereocenters. The Morgan fingerprint density at radius 2 is 1.94 bits per heavy atom. The molecule has 0 aromatic carbocycles. The summed E-state index contributed by atoms with van der Waals surface area (Å²) < 4.78 is 40.4. The standard InChI is InChI=1S/C22H26F3N3O3/c23-22(24,25)31-18-2-1-14(11-26-18)5-15-7-20(8-15)12-28(13-20)19(30)6-16-9-21(10-16)4-3-17(29)27-21/h1-2,11,15-16H,3-10,12-13H2,(H,27,29). The van der Waals surface area contributed by atoms with Gasteiger partial charge >= 0.3 is 6.36 Å². The highest BCUT2D eigenvalue weighted by atomic mass is 19.4. The number of ether oxygens (including phenoxy) is 1. The molecule has 1 aromatic rings. The molecule has 0 bridgehead atoms. The van der Waals surface area contributed by atoms with E-state index in [1.165, 1.54) is 12.3 Å². The van der Waals surface area contributed by atoms with Crippen LogP contribution in [0.5, 0.6) is 5.88 Å². The van der Waals surface area contributed by atoms with E-state index < -0.39 is 12.2 Å². The van der Waals surface area contributed by atoms with Crippen molar-refractivity contribution in [2.24, 2.45) is 17.3 Å². The second-order valence-electron chi connectivity index (χ2n) is 10.1. The molecule has 3 heterocycles. The van der Waals surface area contributed by atoms with E-state index in [9.17, 15) is 22.8 Å². The van der Waals surface area contributed by atoms with Crippen molar-refractivity contribution in [3.63, 3.8) is 0 Å². The van der Waals surface area contributed by atoms with Gasteiger partial charge in [-0.25, -0.2) is 4.98 Å². The maximum atomic E-state index is 12.6. The van der Waals surface area contributed by atoms with Crippen LogP contribution in [-0.4, -0.2) is 46.7 Å². The minimum atomic E-state index is -4.73. The highest BCUT2D eigenvalue weighted by Gasteiger charge is 2.54. The first-order chi connectivity index (χ1) is 14.6. The predicted octanol–water partition coefficient (Wildman–Crippen LogP) is 3.21. The van der Waals surface area contributed by atoms with Crippen molar-refractivity contribution in [2.75, 3.05) is 13.1 Å². The number of amides is 2. The van der Waals surface area contributed by atoms with Gasteiger partial charge in [0, 0.05) is 49.1 Å². The number of rotatable bonds is 5. The Labute approximate surface area is 178 Å². The topological polar surface area (TPSA) is 71.5 Å². The van der Waals surface area contributed by atoms with Gasteiger partial charge in [0.15, 0.2) is 0 Å². The molecule has 9 heteroatoms. The van der Waals surface area contributed by atoms with Crippen LogP contribution in [0.25, 0.3) is 0 Å². The lowest BCUT2D eigenvalue weighted by Gasteiger charge is -2.59. The summed E-state index contributed by atoms with van der Waals surface area (Å²) in [5, 5.41) is 3.07. The first kappa shape index (κ1) is 20.6. The lowest BCUT2D eigenvalue weighted by atomic mass is 9.56. The Kier molecular flexibility index (Phi) is 4.71. The minimum absolute atomic E-state index is 0.0225. The van der Waals surface area contributed by atoms with E-state index in [-0.39, 0.29) is 22.8 Å². The van der Waals surface area contributed by atoms with E-state index in [0.717, 1.165) is 57.2 Å². The third-order valence-corrected chi connectivity index (χ3v) is 7.45. The third kappa shape index (κ3) is 4.23. The molecule has 2 aliphatic carbocycles. The molecule has 6 nitrogen and oxygen atoms in total. The molecule has 168 valence electrons. The maximum absolute atomic E-state index is 12.6. The SMILES string of the molecule is O=C1CCC2(CC(CC(=O)N3CC4(CC(Cc5ccc(OC(F)(F)F)nc5)C4)C3)C2)N1. The summed E-state index contributed by atoms with van der Waals surface area (Å²) in [7, 11) is 0. The Morgan fingerprint density at radius 3 is 2.52 bits per heavy atom. The first-order valence-corrected chi connectivity index (χ1v) is 10.9. The molecule has 1 aromatic heterocycles. The van der Waals surface area contributed by atoms with E-state index in [1.54, 1.807) is 6.07 Å². The summed E-state index contributed by atoms with van der Waals surface area (Å²) >= 11 is 0. The minimum Gasteiger partial charge on any atom is -0.388 e. The summed E-state index contributed by atoms with van der Waals surface area (Å²) in [5.74, 6) is 0.777. The monoisotopic (exact) mass is 437 g/mol. The molecular formula is C22H26F3N3O3. The fourth-order valence-electron chi connectivity index (χ4n) is 6.20. The van der Waals surface area contributed by atoms with E-state index >= 15 is 0 Å². The highest BCUT2D eigenvalue weighted by Crippen LogP contribution is 2.53. The van der Waals surface area contributed by atoms with Crippen LogP contribution in [0, 0.1) is 17.3 Å². The number of carbonyl (C=O) groups is 2. The number of aromatic nitrogens is 1. The van der Waals surface area contributed by atoms with Crippen LogP contribution in [0.1, 0.15) is 50.5 Å². The van der Waals surface area contributed by atoms with Crippen LogP contribution in [-0.2, 0) is 16.0 Å². The fraction of sp³-hybridized carbons (Fsp3) is 0.682. The number of nitrogens with one attached hydrogen (secondary N) is 1. The molecule has 31 heavy (non-hydrogen) atoms. The van der Waals surface area contributed by atoms with Gasteiger partial charge in [0.1, 0.15) is 0 Å². The van der Waals surface area contributed by atoms with E-state index in [4.69, 9.17) is 0 Å². The maximum Gasteiger partial charge on any atom is 0.574 e. The zero-order valence-electron chi connectivity index (χ0n) is 17.2. The van der Waals surface area contributed by atoms with Gasteiger partial charge in [-0.15, -0.1) is 13.2 Å². The van der Waals surface area contributed by atoms with Crippen LogP contribution in [0.2, 0.25) is 0 Å². The summed E-state index contributed by atoms with van der Waals surface area (Å²) in [4.78, 5) is 29.7. The lowest BCUT2D eigenvalue weighted by molar-refractivity contribution is -0.276. The Bertz CT molecular complexity index is 866. The van der Waals surface area contributed by atoms with Gasteiger partial charge in [-0.05, 0) is 55.9 Å².